The summed E-state index contributed by atoms with van der Waals surface area (Å²) < 4.78 is 39.2. The maximum absolute atomic E-state index is 12.8. The van der Waals surface area contributed by atoms with Crippen LogP contribution in [0.2, 0.25) is 0 Å². The van der Waals surface area contributed by atoms with Gasteiger partial charge in [-0.15, -0.1) is 0 Å². The minimum absolute atomic E-state index is 0.0569. The molecule has 1 aromatic rings. The molecule has 1 heterocycles. The second-order valence-electron chi connectivity index (χ2n) is 6.93. The maximum atomic E-state index is 12.8. The smallest absolute Gasteiger partial charge is 0.260 e. The SMILES string of the molecule is CC(C)(C)c1cc(C2CCC(C(F)(F)F)CC2)c(Br)cn1. The van der Waals surface area contributed by atoms with Crippen molar-refractivity contribution >= 4 is 15.9 Å². The number of aromatic nitrogens is 1. The van der Waals surface area contributed by atoms with E-state index in [4.69, 9.17) is 0 Å². The minimum Gasteiger partial charge on any atom is -0.260 e. The fraction of sp³-hybridized carbons (Fsp3) is 0.688. The summed E-state index contributed by atoms with van der Waals surface area (Å²) in [5.74, 6) is -0.932. The molecule has 2 rings (SSSR count). The van der Waals surface area contributed by atoms with Gasteiger partial charge in [0.25, 0.3) is 0 Å². The second kappa shape index (κ2) is 5.90. The third-order valence-corrected chi connectivity index (χ3v) is 4.95. The lowest BCUT2D eigenvalue weighted by atomic mass is 9.78. The molecular formula is C16H21BrF3N. The number of hydrogen-bond acceptors (Lipinski definition) is 1. The first kappa shape index (κ1) is 16.8. The second-order valence-corrected chi connectivity index (χ2v) is 7.79. The molecule has 0 saturated heterocycles. The van der Waals surface area contributed by atoms with Gasteiger partial charge in [0.05, 0.1) is 5.92 Å². The lowest BCUT2D eigenvalue weighted by Crippen LogP contribution is -2.27. The van der Waals surface area contributed by atoms with Crippen LogP contribution in [0.5, 0.6) is 0 Å². The van der Waals surface area contributed by atoms with E-state index in [9.17, 15) is 13.2 Å². The van der Waals surface area contributed by atoms with Crippen molar-refractivity contribution in [3.05, 3.63) is 28.0 Å². The average Bonchev–Trinajstić information content (AvgIpc) is 2.37. The van der Waals surface area contributed by atoms with E-state index in [0.29, 0.717) is 12.8 Å². The van der Waals surface area contributed by atoms with Crippen molar-refractivity contribution in [3.8, 4) is 0 Å². The van der Waals surface area contributed by atoms with Gasteiger partial charge in [0, 0.05) is 21.8 Å². The Morgan fingerprint density at radius 1 is 1.10 bits per heavy atom. The third kappa shape index (κ3) is 3.99. The predicted octanol–water partition coefficient (Wildman–Crippen LogP) is 5.98. The van der Waals surface area contributed by atoms with E-state index in [-0.39, 0.29) is 24.2 Å². The van der Waals surface area contributed by atoms with E-state index in [1.54, 1.807) is 6.20 Å². The quantitative estimate of drug-likeness (QED) is 0.598. The monoisotopic (exact) mass is 363 g/mol. The molecule has 21 heavy (non-hydrogen) atoms. The molecule has 118 valence electrons. The van der Waals surface area contributed by atoms with Gasteiger partial charge in [-0.25, -0.2) is 0 Å². The first-order chi connectivity index (χ1) is 9.59. The molecule has 1 saturated carbocycles. The van der Waals surface area contributed by atoms with Crippen molar-refractivity contribution in [1.29, 1.82) is 0 Å². The molecule has 1 aromatic heterocycles. The molecule has 1 fully saturated rings. The molecule has 0 amide bonds. The van der Waals surface area contributed by atoms with Gasteiger partial charge in [0.15, 0.2) is 0 Å². The zero-order valence-electron chi connectivity index (χ0n) is 12.6. The Balaban J connectivity index is 2.17. The number of rotatable bonds is 1. The average molecular weight is 364 g/mol. The predicted molar refractivity (Wildman–Crippen MR) is 81.4 cm³/mol. The Labute approximate surface area is 132 Å². The van der Waals surface area contributed by atoms with Crippen LogP contribution >= 0.6 is 15.9 Å². The Bertz CT molecular complexity index is 497. The largest absolute Gasteiger partial charge is 0.391 e. The summed E-state index contributed by atoms with van der Waals surface area (Å²) in [4.78, 5) is 4.43. The van der Waals surface area contributed by atoms with E-state index in [1.807, 2.05) is 0 Å². The van der Waals surface area contributed by atoms with E-state index in [2.05, 4.69) is 47.8 Å². The van der Waals surface area contributed by atoms with Crippen molar-refractivity contribution in [2.45, 2.75) is 64.0 Å². The van der Waals surface area contributed by atoms with Crippen molar-refractivity contribution in [1.82, 2.24) is 4.98 Å². The Hall–Kier alpha value is -0.580. The summed E-state index contributed by atoms with van der Waals surface area (Å²) in [7, 11) is 0. The zero-order chi connectivity index (χ0) is 15.8. The molecule has 1 aliphatic rings. The molecule has 0 bridgehead atoms. The van der Waals surface area contributed by atoms with E-state index in [0.717, 1.165) is 15.7 Å². The number of nitrogens with zero attached hydrogens (tertiary/aromatic N) is 1. The van der Waals surface area contributed by atoms with E-state index < -0.39 is 12.1 Å². The maximum Gasteiger partial charge on any atom is 0.391 e. The van der Waals surface area contributed by atoms with Gasteiger partial charge in [-0.1, -0.05) is 20.8 Å². The van der Waals surface area contributed by atoms with Crippen molar-refractivity contribution in [3.63, 3.8) is 0 Å². The topological polar surface area (TPSA) is 12.9 Å². The van der Waals surface area contributed by atoms with Crippen LogP contribution in [0.1, 0.15) is 63.6 Å². The van der Waals surface area contributed by atoms with Crippen LogP contribution in [0.4, 0.5) is 13.2 Å². The Kier molecular flexibility index (Phi) is 4.72. The normalized spacial score (nSPS) is 24.1. The molecule has 0 atom stereocenters. The van der Waals surface area contributed by atoms with Crippen LogP contribution in [0, 0.1) is 5.92 Å². The molecular weight excluding hydrogens is 343 g/mol. The first-order valence-corrected chi connectivity index (χ1v) is 8.11. The molecule has 5 heteroatoms. The van der Waals surface area contributed by atoms with Gasteiger partial charge in [0.2, 0.25) is 0 Å². The van der Waals surface area contributed by atoms with Crippen molar-refractivity contribution < 1.29 is 13.2 Å². The minimum atomic E-state index is -4.04. The summed E-state index contributed by atoms with van der Waals surface area (Å²) in [6, 6.07) is 2.06. The molecule has 0 unspecified atom stereocenters. The fourth-order valence-electron chi connectivity index (χ4n) is 2.91. The highest BCUT2D eigenvalue weighted by Crippen LogP contribution is 2.44. The summed E-state index contributed by atoms with van der Waals surface area (Å²) in [5.41, 5.74) is 2.03. The van der Waals surface area contributed by atoms with Crippen LogP contribution in [0.25, 0.3) is 0 Å². The summed E-state index contributed by atoms with van der Waals surface area (Å²) in [6.07, 6.45) is -0.614. The third-order valence-electron chi connectivity index (χ3n) is 4.28. The highest BCUT2D eigenvalue weighted by atomic mass is 79.9. The summed E-state index contributed by atoms with van der Waals surface area (Å²) in [6.45, 7) is 6.27. The molecule has 0 aliphatic heterocycles. The highest BCUT2D eigenvalue weighted by Gasteiger charge is 2.41. The van der Waals surface area contributed by atoms with Gasteiger partial charge in [-0.3, -0.25) is 4.98 Å². The molecule has 1 aliphatic carbocycles. The lowest BCUT2D eigenvalue weighted by molar-refractivity contribution is -0.182. The van der Waals surface area contributed by atoms with Gasteiger partial charge >= 0.3 is 6.18 Å². The molecule has 0 radical (unpaired) electrons. The first-order valence-electron chi connectivity index (χ1n) is 7.31. The number of alkyl halides is 3. The highest BCUT2D eigenvalue weighted by molar-refractivity contribution is 9.10. The standard InChI is InChI=1S/C16H21BrF3N/c1-15(2,3)14-8-12(13(17)9-21-14)10-4-6-11(7-5-10)16(18,19)20/h8-11H,4-7H2,1-3H3. The molecule has 1 nitrogen and oxygen atoms in total. The molecule has 0 spiro atoms. The van der Waals surface area contributed by atoms with Crippen LogP contribution in [-0.2, 0) is 5.41 Å². The van der Waals surface area contributed by atoms with Crippen LogP contribution in [-0.4, -0.2) is 11.2 Å². The lowest BCUT2D eigenvalue weighted by Gasteiger charge is -2.31. The zero-order valence-corrected chi connectivity index (χ0v) is 14.2. The molecule has 0 N–H and O–H groups in total. The Morgan fingerprint density at radius 3 is 2.14 bits per heavy atom. The summed E-state index contributed by atoms with van der Waals surface area (Å²) >= 11 is 3.50. The number of halogens is 4. The van der Waals surface area contributed by atoms with Crippen LogP contribution in [0.3, 0.4) is 0 Å². The van der Waals surface area contributed by atoms with Crippen molar-refractivity contribution in [2.24, 2.45) is 5.92 Å². The number of pyridine rings is 1. The number of hydrogen-bond donors (Lipinski definition) is 0. The van der Waals surface area contributed by atoms with Gasteiger partial charge in [0.1, 0.15) is 0 Å². The summed E-state index contributed by atoms with van der Waals surface area (Å²) in [5, 5.41) is 0. The van der Waals surface area contributed by atoms with Gasteiger partial charge < -0.3 is 0 Å². The Morgan fingerprint density at radius 2 is 1.67 bits per heavy atom. The molecule has 0 aromatic carbocycles. The van der Waals surface area contributed by atoms with Gasteiger partial charge in [-0.2, -0.15) is 13.2 Å². The van der Waals surface area contributed by atoms with E-state index >= 15 is 0 Å². The van der Waals surface area contributed by atoms with Crippen LogP contribution in [0.15, 0.2) is 16.7 Å². The van der Waals surface area contributed by atoms with Crippen LogP contribution < -0.4 is 0 Å². The fourth-order valence-corrected chi connectivity index (χ4v) is 3.45. The van der Waals surface area contributed by atoms with Crippen molar-refractivity contribution in [2.75, 3.05) is 0 Å². The van der Waals surface area contributed by atoms with Gasteiger partial charge in [-0.05, 0) is 59.2 Å². The van der Waals surface area contributed by atoms with E-state index in [1.165, 1.54) is 0 Å².